The van der Waals surface area contributed by atoms with Gasteiger partial charge in [0.05, 0.1) is 11.5 Å². The number of hydrogen-bond donors (Lipinski definition) is 3. The second-order valence-corrected chi connectivity index (χ2v) is 6.84. The van der Waals surface area contributed by atoms with Gasteiger partial charge in [0.2, 0.25) is 10.0 Å². The van der Waals surface area contributed by atoms with E-state index in [2.05, 4.69) is 15.0 Å². The summed E-state index contributed by atoms with van der Waals surface area (Å²) < 4.78 is 32.4. The van der Waals surface area contributed by atoms with Gasteiger partial charge in [-0.2, -0.15) is 0 Å². The Labute approximate surface area is 120 Å². The quantitative estimate of drug-likeness (QED) is 0.696. The highest BCUT2D eigenvalue weighted by Crippen LogP contribution is 2.15. The van der Waals surface area contributed by atoms with E-state index < -0.39 is 10.0 Å². The third-order valence-electron chi connectivity index (χ3n) is 3.41. The number of rotatable bonds is 7. The molecule has 0 spiro atoms. The van der Waals surface area contributed by atoms with Crippen molar-refractivity contribution in [1.82, 2.24) is 15.0 Å². The van der Waals surface area contributed by atoms with Crippen molar-refractivity contribution < 1.29 is 13.2 Å². The summed E-state index contributed by atoms with van der Waals surface area (Å²) >= 11 is 0. The topological polar surface area (TPSA) is 83.2 Å². The number of ether oxygens (including phenoxy) is 1. The lowest BCUT2D eigenvalue weighted by molar-refractivity contribution is 0.0568. The lowest BCUT2D eigenvalue weighted by Crippen LogP contribution is -2.33. The summed E-state index contributed by atoms with van der Waals surface area (Å²) in [4.78, 5) is 3.27. The van der Waals surface area contributed by atoms with E-state index in [0.717, 1.165) is 31.7 Å². The molecule has 1 aliphatic heterocycles. The van der Waals surface area contributed by atoms with E-state index in [0.29, 0.717) is 24.6 Å². The first-order valence-electron chi connectivity index (χ1n) is 7.07. The fourth-order valence-corrected chi connectivity index (χ4v) is 3.35. The first-order valence-corrected chi connectivity index (χ1v) is 8.55. The SMILES string of the molecule is CCNCc1cc(S(=O)(=O)NCC2CCCOC2)c[nH]1. The molecule has 0 amide bonds. The molecule has 2 heterocycles. The Morgan fingerprint density at radius 3 is 3.05 bits per heavy atom. The molecule has 0 aliphatic carbocycles. The highest BCUT2D eigenvalue weighted by molar-refractivity contribution is 7.89. The molecule has 1 unspecified atom stereocenters. The van der Waals surface area contributed by atoms with E-state index in [1.165, 1.54) is 6.20 Å². The van der Waals surface area contributed by atoms with Crippen LogP contribution in [0.25, 0.3) is 0 Å². The molecule has 6 nitrogen and oxygen atoms in total. The molecule has 7 heteroatoms. The zero-order valence-electron chi connectivity index (χ0n) is 11.8. The lowest BCUT2D eigenvalue weighted by atomic mass is 10.0. The Bertz CT molecular complexity index is 507. The molecule has 1 atom stereocenters. The minimum Gasteiger partial charge on any atom is -0.381 e. The van der Waals surface area contributed by atoms with Crippen molar-refractivity contribution in [3.63, 3.8) is 0 Å². The van der Waals surface area contributed by atoms with Gasteiger partial charge in [0.25, 0.3) is 0 Å². The molecular formula is C13H23N3O3S. The van der Waals surface area contributed by atoms with Gasteiger partial charge in [0.15, 0.2) is 0 Å². The van der Waals surface area contributed by atoms with Crippen LogP contribution in [-0.2, 0) is 21.3 Å². The van der Waals surface area contributed by atoms with Crippen LogP contribution in [-0.4, -0.2) is 39.7 Å². The number of aromatic nitrogens is 1. The minimum atomic E-state index is -3.43. The van der Waals surface area contributed by atoms with E-state index in [1.54, 1.807) is 6.07 Å². The number of hydrogen-bond acceptors (Lipinski definition) is 4. The third-order valence-corrected chi connectivity index (χ3v) is 4.81. The van der Waals surface area contributed by atoms with Gasteiger partial charge < -0.3 is 15.0 Å². The van der Waals surface area contributed by atoms with Gasteiger partial charge in [-0.1, -0.05) is 6.92 Å². The Kier molecular flexibility index (Phi) is 5.59. The van der Waals surface area contributed by atoms with Crippen LogP contribution in [0.5, 0.6) is 0 Å². The maximum Gasteiger partial charge on any atom is 0.242 e. The van der Waals surface area contributed by atoms with Crippen LogP contribution in [0.1, 0.15) is 25.5 Å². The van der Waals surface area contributed by atoms with Crippen molar-refractivity contribution in [3.05, 3.63) is 18.0 Å². The highest BCUT2D eigenvalue weighted by Gasteiger charge is 2.20. The van der Waals surface area contributed by atoms with Crippen LogP contribution in [0.4, 0.5) is 0 Å². The van der Waals surface area contributed by atoms with Crippen LogP contribution in [0.15, 0.2) is 17.2 Å². The van der Waals surface area contributed by atoms with Crippen LogP contribution in [0, 0.1) is 5.92 Å². The Hall–Kier alpha value is -0.890. The van der Waals surface area contributed by atoms with Crippen molar-refractivity contribution in [1.29, 1.82) is 0 Å². The summed E-state index contributed by atoms with van der Waals surface area (Å²) in [5.74, 6) is 0.277. The van der Waals surface area contributed by atoms with Crippen molar-refractivity contribution in [2.75, 3.05) is 26.3 Å². The largest absolute Gasteiger partial charge is 0.381 e. The van der Waals surface area contributed by atoms with Gasteiger partial charge in [-0.25, -0.2) is 13.1 Å². The molecule has 1 aromatic rings. The van der Waals surface area contributed by atoms with Crippen molar-refractivity contribution in [2.45, 2.75) is 31.2 Å². The van der Waals surface area contributed by atoms with Gasteiger partial charge in [-0.3, -0.25) is 0 Å². The van der Waals surface area contributed by atoms with Crippen LogP contribution in [0.2, 0.25) is 0 Å². The summed E-state index contributed by atoms with van der Waals surface area (Å²) in [6.07, 6.45) is 3.55. The van der Waals surface area contributed by atoms with E-state index in [1.807, 2.05) is 6.92 Å². The first kappa shape index (κ1) is 15.5. The summed E-state index contributed by atoms with van der Waals surface area (Å²) in [5, 5.41) is 3.15. The summed E-state index contributed by atoms with van der Waals surface area (Å²) in [6.45, 7) is 5.37. The third kappa shape index (κ3) is 4.31. The average Bonchev–Trinajstić information content (AvgIpc) is 2.94. The molecule has 1 aliphatic rings. The summed E-state index contributed by atoms with van der Waals surface area (Å²) in [7, 11) is -3.43. The van der Waals surface area contributed by atoms with Gasteiger partial charge in [0, 0.05) is 31.6 Å². The molecule has 1 fully saturated rings. The number of aromatic amines is 1. The Balaban J connectivity index is 1.90. The van der Waals surface area contributed by atoms with E-state index in [4.69, 9.17) is 4.74 Å². The fourth-order valence-electron chi connectivity index (χ4n) is 2.22. The van der Waals surface area contributed by atoms with E-state index in [-0.39, 0.29) is 5.92 Å². The smallest absolute Gasteiger partial charge is 0.242 e. The van der Waals surface area contributed by atoms with Crippen LogP contribution < -0.4 is 10.0 Å². The zero-order chi connectivity index (χ0) is 14.4. The molecule has 114 valence electrons. The predicted octanol–water partition coefficient (Wildman–Crippen LogP) is 0.829. The van der Waals surface area contributed by atoms with Crippen LogP contribution >= 0.6 is 0 Å². The Morgan fingerprint density at radius 2 is 2.35 bits per heavy atom. The van der Waals surface area contributed by atoms with Crippen molar-refractivity contribution in [3.8, 4) is 0 Å². The molecule has 1 aromatic heterocycles. The molecular weight excluding hydrogens is 278 g/mol. The van der Waals surface area contributed by atoms with Gasteiger partial charge in [-0.05, 0) is 31.4 Å². The normalized spacial score (nSPS) is 20.1. The average molecular weight is 301 g/mol. The van der Waals surface area contributed by atoms with Crippen molar-refractivity contribution >= 4 is 10.0 Å². The minimum absolute atomic E-state index is 0.277. The Morgan fingerprint density at radius 1 is 1.50 bits per heavy atom. The molecule has 0 radical (unpaired) electrons. The summed E-state index contributed by atoms with van der Waals surface area (Å²) in [6, 6.07) is 1.67. The van der Waals surface area contributed by atoms with E-state index >= 15 is 0 Å². The molecule has 0 aromatic carbocycles. The first-order chi connectivity index (χ1) is 9.62. The van der Waals surface area contributed by atoms with E-state index in [9.17, 15) is 8.42 Å². The summed E-state index contributed by atoms with van der Waals surface area (Å²) in [5.41, 5.74) is 0.869. The standard InChI is InChI=1S/C13H23N3O3S/c1-2-14-8-12-6-13(9-15-12)20(17,18)16-7-11-4-3-5-19-10-11/h6,9,11,14-16H,2-5,7-8,10H2,1H3. The van der Waals surface area contributed by atoms with Gasteiger partial charge in [-0.15, -0.1) is 0 Å². The van der Waals surface area contributed by atoms with Gasteiger partial charge >= 0.3 is 0 Å². The van der Waals surface area contributed by atoms with Crippen molar-refractivity contribution in [2.24, 2.45) is 5.92 Å². The lowest BCUT2D eigenvalue weighted by Gasteiger charge is -2.21. The highest BCUT2D eigenvalue weighted by atomic mass is 32.2. The fraction of sp³-hybridized carbons (Fsp3) is 0.692. The predicted molar refractivity (Wildman–Crippen MR) is 76.9 cm³/mol. The number of sulfonamides is 1. The van der Waals surface area contributed by atoms with Crippen LogP contribution in [0.3, 0.4) is 0 Å². The maximum absolute atomic E-state index is 12.2. The number of nitrogens with one attached hydrogen (secondary N) is 3. The van der Waals surface area contributed by atoms with Gasteiger partial charge in [0.1, 0.15) is 0 Å². The number of H-pyrrole nitrogens is 1. The molecule has 3 N–H and O–H groups in total. The second kappa shape index (κ2) is 7.21. The zero-order valence-corrected chi connectivity index (χ0v) is 12.6. The molecule has 2 rings (SSSR count). The molecule has 0 bridgehead atoms. The molecule has 0 saturated carbocycles. The maximum atomic E-state index is 12.2. The molecule has 20 heavy (non-hydrogen) atoms. The second-order valence-electron chi connectivity index (χ2n) is 5.08. The monoisotopic (exact) mass is 301 g/mol. The molecule has 1 saturated heterocycles.